The molecular weight excluding hydrogens is 234 g/mol. The number of hydrogen-bond donors (Lipinski definition) is 3. The zero-order valence-electron chi connectivity index (χ0n) is 11.7. The Morgan fingerprint density at radius 2 is 2.06 bits per heavy atom. The first-order valence-corrected chi connectivity index (χ1v) is 6.01. The molecule has 0 spiro atoms. The first-order valence-electron chi connectivity index (χ1n) is 6.01. The third-order valence-corrected chi connectivity index (χ3v) is 2.06. The van der Waals surface area contributed by atoms with E-state index in [1.165, 1.54) is 0 Å². The molecule has 1 amide bonds. The Balaban J connectivity index is 0. The fourth-order valence-corrected chi connectivity index (χ4v) is 1.21. The molecule has 108 valence electrons. The van der Waals surface area contributed by atoms with Crippen molar-refractivity contribution in [3.05, 3.63) is 13.2 Å². The second-order valence-electron chi connectivity index (χ2n) is 3.93. The topological polar surface area (TPSA) is 73.8 Å². The number of nitrogens with one attached hydrogen (secondary N) is 2. The van der Waals surface area contributed by atoms with Crippen LogP contribution in [0.3, 0.4) is 0 Å². The molecule has 6 heteroatoms. The molecule has 0 aliphatic rings. The van der Waals surface area contributed by atoms with Crippen molar-refractivity contribution in [2.24, 2.45) is 0 Å². The van der Waals surface area contributed by atoms with E-state index in [2.05, 4.69) is 28.7 Å². The normalized spacial score (nSPS) is 11.6. The predicted octanol–water partition coefficient (Wildman–Crippen LogP) is 0.672. The zero-order chi connectivity index (χ0) is 14.4. The van der Waals surface area contributed by atoms with E-state index in [-0.39, 0.29) is 18.6 Å². The van der Waals surface area contributed by atoms with E-state index >= 15 is 0 Å². The highest BCUT2D eigenvalue weighted by molar-refractivity contribution is 5.75. The molecule has 0 saturated heterocycles. The molecule has 1 atom stereocenters. The quantitative estimate of drug-likeness (QED) is 0.246. The van der Waals surface area contributed by atoms with Crippen LogP contribution in [0.4, 0.5) is 0 Å². The van der Waals surface area contributed by atoms with E-state index in [4.69, 9.17) is 5.26 Å². The second-order valence-corrected chi connectivity index (χ2v) is 3.93. The first kappa shape index (κ1) is 19.4. The van der Waals surface area contributed by atoms with E-state index < -0.39 is 0 Å². The molecule has 0 bridgehead atoms. The maximum absolute atomic E-state index is 11.2. The third kappa shape index (κ3) is 13.1. The fourth-order valence-electron chi connectivity index (χ4n) is 1.21. The van der Waals surface area contributed by atoms with Gasteiger partial charge in [-0.2, -0.15) is 0 Å². The van der Waals surface area contributed by atoms with Crippen LogP contribution < -0.4 is 10.6 Å². The van der Waals surface area contributed by atoms with Crippen LogP contribution >= 0.6 is 0 Å². The Morgan fingerprint density at radius 1 is 1.44 bits per heavy atom. The van der Waals surface area contributed by atoms with Gasteiger partial charge in [0.15, 0.2) is 0 Å². The first-order chi connectivity index (χ1) is 8.60. The van der Waals surface area contributed by atoms with Crippen molar-refractivity contribution in [1.29, 1.82) is 0 Å². The maximum atomic E-state index is 11.2. The van der Waals surface area contributed by atoms with E-state index in [9.17, 15) is 4.79 Å². The molecule has 0 aliphatic carbocycles. The Labute approximate surface area is 110 Å². The van der Waals surface area contributed by atoms with Crippen LogP contribution in [0.5, 0.6) is 0 Å². The minimum atomic E-state index is -0.0143. The number of nitrogens with zero attached hydrogens (tertiary/aromatic N) is 1. The number of amides is 1. The van der Waals surface area contributed by atoms with Crippen LogP contribution in [0.2, 0.25) is 0 Å². The van der Waals surface area contributed by atoms with Crippen LogP contribution in [0.1, 0.15) is 19.8 Å². The third-order valence-electron chi connectivity index (χ3n) is 2.06. The molecule has 18 heavy (non-hydrogen) atoms. The monoisotopic (exact) mass is 261 g/mol. The van der Waals surface area contributed by atoms with Crippen molar-refractivity contribution < 1.29 is 14.9 Å². The molecule has 0 aromatic heterocycles. The standard InChI is InChI=1S/C10H23N3O3.C2H4/c1-4-10(14)12-9(5-6-16-15)7-11-8-13(2)3;1-2/h9,11,15H,4-8H2,1-3H3,(H,12,14);1-2H2. The van der Waals surface area contributed by atoms with Crippen LogP contribution in [-0.4, -0.2) is 56.0 Å². The summed E-state index contributed by atoms with van der Waals surface area (Å²) in [5, 5.41) is 14.3. The largest absolute Gasteiger partial charge is 0.352 e. The molecule has 6 nitrogen and oxygen atoms in total. The van der Waals surface area contributed by atoms with Gasteiger partial charge in [0.25, 0.3) is 0 Å². The highest BCUT2D eigenvalue weighted by Gasteiger charge is 2.10. The van der Waals surface area contributed by atoms with Gasteiger partial charge in [-0.3, -0.25) is 15.0 Å². The van der Waals surface area contributed by atoms with Gasteiger partial charge in [0.2, 0.25) is 5.91 Å². The minimum Gasteiger partial charge on any atom is -0.352 e. The molecule has 0 fully saturated rings. The molecule has 1 unspecified atom stereocenters. The van der Waals surface area contributed by atoms with E-state index in [1.807, 2.05) is 25.9 Å². The van der Waals surface area contributed by atoms with Crippen molar-refractivity contribution >= 4 is 5.91 Å². The van der Waals surface area contributed by atoms with Gasteiger partial charge in [0.05, 0.1) is 6.61 Å². The highest BCUT2D eigenvalue weighted by atomic mass is 17.1. The van der Waals surface area contributed by atoms with Crippen molar-refractivity contribution in [2.75, 3.05) is 33.9 Å². The Bertz CT molecular complexity index is 201. The minimum absolute atomic E-state index is 0.00888. The summed E-state index contributed by atoms with van der Waals surface area (Å²) >= 11 is 0. The van der Waals surface area contributed by atoms with Gasteiger partial charge >= 0.3 is 0 Å². The lowest BCUT2D eigenvalue weighted by molar-refractivity contribution is -0.243. The summed E-state index contributed by atoms with van der Waals surface area (Å²) in [5.41, 5.74) is 0. The van der Waals surface area contributed by atoms with Gasteiger partial charge in [0.1, 0.15) is 0 Å². The van der Waals surface area contributed by atoms with Crippen molar-refractivity contribution in [3.63, 3.8) is 0 Å². The average Bonchev–Trinajstić information content (AvgIpc) is 2.37. The highest BCUT2D eigenvalue weighted by Crippen LogP contribution is 1.92. The molecule has 0 rings (SSSR count). The maximum Gasteiger partial charge on any atom is 0.219 e. The molecule has 3 N–H and O–H groups in total. The summed E-state index contributed by atoms with van der Waals surface area (Å²) in [6, 6.07) is -0.0143. The second kappa shape index (κ2) is 14.1. The van der Waals surface area contributed by atoms with Gasteiger partial charge in [-0.25, -0.2) is 4.89 Å². The van der Waals surface area contributed by atoms with Crippen LogP contribution in [0.25, 0.3) is 0 Å². The predicted molar refractivity (Wildman–Crippen MR) is 73.2 cm³/mol. The van der Waals surface area contributed by atoms with Crippen molar-refractivity contribution in [3.8, 4) is 0 Å². The van der Waals surface area contributed by atoms with E-state index in [0.29, 0.717) is 19.4 Å². The smallest absolute Gasteiger partial charge is 0.219 e. The van der Waals surface area contributed by atoms with Gasteiger partial charge in [-0.1, -0.05) is 6.92 Å². The molecular formula is C12H27N3O3. The van der Waals surface area contributed by atoms with Crippen molar-refractivity contribution in [2.45, 2.75) is 25.8 Å². The van der Waals surface area contributed by atoms with Gasteiger partial charge < -0.3 is 10.6 Å². The molecule has 0 saturated carbocycles. The summed E-state index contributed by atoms with van der Waals surface area (Å²) in [5.74, 6) is 0.00888. The zero-order valence-corrected chi connectivity index (χ0v) is 11.7. The van der Waals surface area contributed by atoms with Crippen LogP contribution in [-0.2, 0) is 9.68 Å². The summed E-state index contributed by atoms with van der Waals surface area (Å²) in [6.45, 7) is 9.44. The summed E-state index contributed by atoms with van der Waals surface area (Å²) in [6.07, 6.45) is 1.05. The average molecular weight is 261 g/mol. The number of carbonyl (C=O) groups is 1. The summed E-state index contributed by atoms with van der Waals surface area (Å²) in [7, 11) is 3.92. The lowest BCUT2D eigenvalue weighted by Crippen LogP contribution is -2.44. The summed E-state index contributed by atoms with van der Waals surface area (Å²) < 4.78 is 0. The Hall–Kier alpha value is -0.950. The van der Waals surface area contributed by atoms with Crippen LogP contribution in [0, 0.1) is 0 Å². The van der Waals surface area contributed by atoms with E-state index in [0.717, 1.165) is 6.67 Å². The number of hydrogen-bond acceptors (Lipinski definition) is 5. The summed E-state index contributed by atoms with van der Waals surface area (Å²) in [4.78, 5) is 17.3. The molecule has 0 aliphatic heterocycles. The molecule has 0 heterocycles. The lowest BCUT2D eigenvalue weighted by atomic mass is 10.2. The fraction of sp³-hybridized carbons (Fsp3) is 0.750. The molecule has 0 aromatic carbocycles. The van der Waals surface area contributed by atoms with Crippen LogP contribution in [0.15, 0.2) is 13.2 Å². The SMILES string of the molecule is C=C.CCC(=O)NC(CCOO)CNCN(C)C. The lowest BCUT2D eigenvalue weighted by Gasteiger charge is -2.20. The van der Waals surface area contributed by atoms with Crippen molar-refractivity contribution in [1.82, 2.24) is 15.5 Å². The van der Waals surface area contributed by atoms with Gasteiger partial charge in [0, 0.05) is 25.7 Å². The van der Waals surface area contributed by atoms with Gasteiger partial charge in [-0.05, 0) is 20.5 Å². The van der Waals surface area contributed by atoms with Gasteiger partial charge in [-0.15, -0.1) is 13.2 Å². The molecule has 0 aromatic rings. The Kier molecular flexibility index (Phi) is 15.2. The number of carbonyl (C=O) groups excluding carboxylic acids is 1. The van der Waals surface area contributed by atoms with E-state index in [1.54, 1.807) is 0 Å². The Morgan fingerprint density at radius 3 is 2.50 bits per heavy atom. The molecule has 0 radical (unpaired) electrons. The number of rotatable bonds is 9.